The van der Waals surface area contributed by atoms with Crippen molar-refractivity contribution in [3.63, 3.8) is 0 Å². The van der Waals surface area contributed by atoms with Gasteiger partial charge in [0.05, 0.1) is 0 Å². The average molecular weight is 280 g/mol. The van der Waals surface area contributed by atoms with Crippen molar-refractivity contribution in [1.82, 2.24) is 0 Å². The third-order valence-corrected chi connectivity index (χ3v) is 4.95. The molecular weight excluding hydrogens is 268 g/mol. The number of alkyl halides is 1. The predicted octanol–water partition coefficient (Wildman–Crippen LogP) is 4.46. The van der Waals surface area contributed by atoms with Gasteiger partial charge < -0.3 is 0 Å². The molecule has 0 aromatic carbocycles. The fourth-order valence-electron chi connectivity index (χ4n) is 1.94. The van der Waals surface area contributed by atoms with Crippen LogP contribution in [0.25, 0.3) is 0 Å². The quantitative estimate of drug-likeness (QED) is 0.701. The molecule has 2 unspecified atom stereocenters. The van der Waals surface area contributed by atoms with E-state index in [9.17, 15) is 0 Å². The van der Waals surface area contributed by atoms with Crippen LogP contribution in [0.5, 0.6) is 0 Å². The summed E-state index contributed by atoms with van der Waals surface area (Å²) in [5, 5.41) is 2.56. The lowest BCUT2D eigenvalue weighted by molar-refractivity contribution is 0.557. The molecule has 1 aliphatic carbocycles. The van der Waals surface area contributed by atoms with Crippen LogP contribution in [0.15, 0.2) is 15.9 Å². The zero-order valence-corrected chi connectivity index (χ0v) is 10.5. The molecule has 0 saturated heterocycles. The number of hydrogen-bond acceptors (Lipinski definition) is 1. The summed E-state index contributed by atoms with van der Waals surface area (Å²) in [5.74, 6) is 0.715. The molecule has 0 nitrogen and oxygen atoms in total. The average Bonchev–Trinajstić information content (AvgIpc) is 2.64. The molecule has 0 bridgehead atoms. The minimum atomic E-state index is 0.417. The maximum absolute atomic E-state index is 6.23. The smallest absolute Gasteiger partial charge is 0.0367 e. The van der Waals surface area contributed by atoms with Crippen molar-refractivity contribution in [2.45, 2.75) is 31.1 Å². The van der Waals surface area contributed by atoms with Crippen LogP contribution < -0.4 is 0 Å². The molecule has 13 heavy (non-hydrogen) atoms. The van der Waals surface area contributed by atoms with E-state index in [1.807, 2.05) is 11.3 Å². The lowest BCUT2D eigenvalue weighted by Crippen LogP contribution is -2.09. The Bertz CT molecular complexity index is 284. The monoisotopic (exact) mass is 278 g/mol. The molecular formula is C10H12BrClS. The first-order valence-corrected chi connectivity index (χ1v) is 6.73. The van der Waals surface area contributed by atoms with E-state index in [2.05, 4.69) is 27.4 Å². The molecule has 0 spiro atoms. The molecule has 3 heteroatoms. The summed E-state index contributed by atoms with van der Waals surface area (Å²) in [7, 11) is 0. The van der Waals surface area contributed by atoms with Crippen LogP contribution >= 0.6 is 38.9 Å². The Hall–Kier alpha value is 0.470. The van der Waals surface area contributed by atoms with Gasteiger partial charge in [0, 0.05) is 20.1 Å². The number of thiophene rings is 1. The Morgan fingerprint density at radius 2 is 2.38 bits per heavy atom. The Morgan fingerprint density at radius 1 is 1.54 bits per heavy atom. The largest absolute Gasteiger partial charge is 0.148 e. The minimum Gasteiger partial charge on any atom is -0.148 e. The van der Waals surface area contributed by atoms with Gasteiger partial charge in [-0.05, 0) is 47.2 Å². The highest BCUT2D eigenvalue weighted by Gasteiger charge is 2.25. The van der Waals surface area contributed by atoms with Gasteiger partial charge in [-0.2, -0.15) is 0 Å². The molecule has 72 valence electrons. The van der Waals surface area contributed by atoms with Gasteiger partial charge in [-0.15, -0.1) is 22.9 Å². The van der Waals surface area contributed by atoms with Crippen LogP contribution in [0.2, 0.25) is 0 Å². The van der Waals surface area contributed by atoms with Gasteiger partial charge in [0.1, 0.15) is 0 Å². The second-order valence-electron chi connectivity index (χ2n) is 3.64. The van der Waals surface area contributed by atoms with Crippen molar-refractivity contribution in [1.29, 1.82) is 0 Å². The highest BCUT2D eigenvalue weighted by Crippen LogP contribution is 2.34. The van der Waals surface area contributed by atoms with Crippen molar-refractivity contribution in [2.24, 2.45) is 5.92 Å². The third kappa shape index (κ3) is 2.48. The van der Waals surface area contributed by atoms with Crippen molar-refractivity contribution in [3.8, 4) is 0 Å². The highest BCUT2D eigenvalue weighted by molar-refractivity contribution is 9.10. The lowest BCUT2D eigenvalue weighted by Gasteiger charge is -2.11. The van der Waals surface area contributed by atoms with Crippen LogP contribution in [-0.2, 0) is 6.42 Å². The van der Waals surface area contributed by atoms with Gasteiger partial charge in [0.15, 0.2) is 0 Å². The zero-order valence-electron chi connectivity index (χ0n) is 7.30. The lowest BCUT2D eigenvalue weighted by atomic mass is 10.0. The van der Waals surface area contributed by atoms with E-state index < -0.39 is 0 Å². The van der Waals surface area contributed by atoms with E-state index >= 15 is 0 Å². The fourth-order valence-corrected chi connectivity index (χ4v) is 3.86. The molecule has 1 fully saturated rings. The number of rotatable bonds is 2. The molecule has 0 radical (unpaired) electrons. The first-order chi connectivity index (χ1) is 6.25. The zero-order chi connectivity index (χ0) is 9.26. The molecule has 0 amide bonds. The Balaban J connectivity index is 1.97. The Morgan fingerprint density at radius 3 is 2.92 bits per heavy atom. The van der Waals surface area contributed by atoms with Crippen molar-refractivity contribution in [3.05, 3.63) is 20.8 Å². The standard InChI is InChI=1S/C10H12BrClS/c11-8-5-9(13-6-8)4-7-2-1-3-10(7)12/h5-7,10H,1-4H2. The minimum absolute atomic E-state index is 0.417. The second kappa shape index (κ2) is 4.33. The van der Waals surface area contributed by atoms with Crippen LogP contribution in [0.4, 0.5) is 0 Å². The van der Waals surface area contributed by atoms with Gasteiger partial charge in [-0.1, -0.05) is 6.42 Å². The van der Waals surface area contributed by atoms with Gasteiger partial charge in [0.2, 0.25) is 0 Å². The second-order valence-corrected chi connectivity index (χ2v) is 6.11. The van der Waals surface area contributed by atoms with Gasteiger partial charge >= 0.3 is 0 Å². The summed E-state index contributed by atoms with van der Waals surface area (Å²) in [5.41, 5.74) is 0. The fraction of sp³-hybridized carbons (Fsp3) is 0.600. The molecule has 0 N–H and O–H groups in total. The normalized spacial score (nSPS) is 28.2. The van der Waals surface area contributed by atoms with Crippen LogP contribution in [0, 0.1) is 5.92 Å². The van der Waals surface area contributed by atoms with Gasteiger partial charge in [-0.3, -0.25) is 0 Å². The van der Waals surface area contributed by atoms with Crippen LogP contribution in [-0.4, -0.2) is 5.38 Å². The topological polar surface area (TPSA) is 0 Å². The molecule has 1 aliphatic rings. The molecule has 1 aromatic rings. The van der Waals surface area contributed by atoms with E-state index in [1.54, 1.807) is 0 Å². The van der Waals surface area contributed by atoms with Gasteiger partial charge in [0.25, 0.3) is 0 Å². The van der Waals surface area contributed by atoms with E-state index in [-0.39, 0.29) is 0 Å². The van der Waals surface area contributed by atoms with Crippen molar-refractivity contribution >= 4 is 38.9 Å². The van der Waals surface area contributed by atoms with Crippen LogP contribution in [0.3, 0.4) is 0 Å². The van der Waals surface area contributed by atoms with E-state index in [0.717, 1.165) is 0 Å². The Kier molecular flexibility index (Phi) is 3.33. The Labute approximate surface area is 96.4 Å². The molecule has 0 aliphatic heterocycles. The first kappa shape index (κ1) is 10.0. The van der Waals surface area contributed by atoms with E-state index in [4.69, 9.17) is 11.6 Å². The van der Waals surface area contributed by atoms with Gasteiger partial charge in [-0.25, -0.2) is 0 Å². The number of halogens is 2. The summed E-state index contributed by atoms with van der Waals surface area (Å²) < 4.78 is 1.21. The summed E-state index contributed by atoms with van der Waals surface area (Å²) in [4.78, 5) is 1.46. The van der Waals surface area contributed by atoms with E-state index in [1.165, 1.54) is 35.0 Å². The highest BCUT2D eigenvalue weighted by atomic mass is 79.9. The van der Waals surface area contributed by atoms with Crippen LogP contribution in [0.1, 0.15) is 24.1 Å². The summed E-state index contributed by atoms with van der Waals surface area (Å²) in [6, 6.07) is 2.21. The molecule has 2 rings (SSSR count). The summed E-state index contributed by atoms with van der Waals surface area (Å²) in [6.07, 6.45) is 5.00. The van der Waals surface area contributed by atoms with Crippen molar-refractivity contribution in [2.75, 3.05) is 0 Å². The number of hydrogen-bond donors (Lipinski definition) is 0. The van der Waals surface area contributed by atoms with Crippen molar-refractivity contribution < 1.29 is 0 Å². The SMILES string of the molecule is ClC1CCCC1Cc1cc(Br)cs1. The molecule has 1 saturated carbocycles. The predicted molar refractivity (Wildman–Crippen MR) is 62.7 cm³/mol. The maximum atomic E-state index is 6.23. The molecule has 1 heterocycles. The summed E-state index contributed by atoms with van der Waals surface area (Å²) >= 11 is 11.5. The maximum Gasteiger partial charge on any atom is 0.0367 e. The van der Waals surface area contributed by atoms with E-state index in [0.29, 0.717) is 11.3 Å². The summed E-state index contributed by atoms with van der Waals surface area (Å²) in [6.45, 7) is 0. The molecule has 1 aromatic heterocycles. The first-order valence-electron chi connectivity index (χ1n) is 4.62. The molecule has 2 atom stereocenters. The third-order valence-electron chi connectivity index (χ3n) is 2.65.